The summed E-state index contributed by atoms with van der Waals surface area (Å²) in [6.45, 7) is 10.0. The fourth-order valence-corrected chi connectivity index (χ4v) is 1.03. The highest BCUT2D eigenvalue weighted by Crippen LogP contribution is 2.01. The Morgan fingerprint density at radius 2 is 1.26 bits per heavy atom. The van der Waals surface area contributed by atoms with Gasteiger partial charge in [-0.2, -0.15) is 0 Å². The van der Waals surface area contributed by atoms with Gasteiger partial charge in [-0.3, -0.25) is 4.98 Å². The Labute approximate surface area is 118 Å². The molecule has 0 amide bonds. The molecule has 2 nitrogen and oxygen atoms in total. The Morgan fingerprint density at radius 1 is 0.789 bits per heavy atom. The zero-order chi connectivity index (χ0) is 14.9. The average Bonchev–Trinajstić information content (AvgIpc) is 2.53. The summed E-state index contributed by atoms with van der Waals surface area (Å²) in [6, 6.07) is 14.0. The molecular weight excluding hydrogens is 232 g/mol. The van der Waals surface area contributed by atoms with Crippen molar-refractivity contribution >= 4 is 5.69 Å². The number of hydrogen-bond donors (Lipinski definition) is 1. The maximum Gasteiger partial charge on any atom is 0.0337 e. The minimum absolute atomic E-state index is 1.16. The van der Waals surface area contributed by atoms with Crippen LogP contribution in [0.25, 0.3) is 0 Å². The molecule has 0 radical (unpaired) electrons. The fourth-order valence-electron chi connectivity index (χ4n) is 1.03. The first-order valence-corrected chi connectivity index (χ1v) is 6.92. The molecule has 2 rings (SSSR count). The highest BCUT2D eigenvalue weighted by atomic mass is 14.8. The molecule has 0 unspecified atom stereocenters. The third kappa shape index (κ3) is 12.4. The third-order valence-electron chi connectivity index (χ3n) is 1.91. The van der Waals surface area contributed by atoms with E-state index in [1.54, 1.807) is 12.4 Å². The number of rotatable bonds is 1. The minimum atomic E-state index is 1.16. The van der Waals surface area contributed by atoms with Gasteiger partial charge in [-0.05, 0) is 36.8 Å². The van der Waals surface area contributed by atoms with Crippen LogP contribution in [0.4, 0.5) is 5.69 Å². The molecule has 0 bridgehead atoms. The average molecular weight is 260 g/mol. The monoisotopic (exact) mass is 260 g/mol. The van der Waals surface area contributed by atoms with Crippen LogP contribution in [0.5, 0.6) is 0 Å². The van der Waals surface area contributed by atoms with Crippen molar-refractivity contribution in [1.82, 2.24) is 4.98 Å². The Kier molecular flexibility index (Phi) is 16.6. The van der Waals surface area contributed by atoms with Gasteiger partial charge in [0.1, 0.15) is 0 Å². The van der Waals surface area contributed by atoms with Crippen molar-refractivity contribution in [3.63, 3.8) is 0 Å². The predicted molar refractivity (Wildman–Crippen MR) is 87.7 cm³/mol. The molecule has 2 heteroatoms. The number of benzene rings is 1. The number of pyridine rings is 1. The second-order valence-electron chi connectivity index (χ2n) is 3.14. The Balaban J connectivity index is 0. The van der Waals surface area contributed by atoms with Crippen LogP contribution in [-0.4, -0.2) is 12.0 Å². The van der Waals surface area contributed by atoms with E-state index in [4.69, 9.17) is 0 Å². The topological polar surface area (TPSA) is 24.9 Å². The van der Waals surface area contributed by atoms with Gasteiger partial charge in [-0.25, -0.2) is 0 Å². The third-order valence-corrected chi connectivity index (χ3v) is 1.91. The Morgan fingerprint density at radius 3 is 1.53 bits per heavy atom. The second kappa shape index (κ2) is 16.2. The lowest BCUT2D eigenvalue weighted by Gasteiger charge is -1.94. The Hall–Kier alpha value is -1.83. The molecule has 2 aromatic rings. The molecule has 0 saturated carbocycles. The summed E-state index contributed by atoms with van der Waals surface area (Å²) in [7, 11) is 1.91. The van der Waals surface area contributed by atoms with Gasteiger partial charge in [0.25, 0.3) is 0 Å². The molecule has 106 valence electrons. The van der Waals surface area contributed by atoms with Crippen LogP contribution in [0.1, 0.15) is 33.3 Å². The summed E-state index contributed by atoms with van der Waals surface area (Å²) in [6.07, 6.45) is 3.57. The molecule has 0 saturated heterocycles. The molecule has 0 spiro atoms. The lowest BCUT2D eigenvalue weighted by atomic mass is 10.3. The van der Waals surface area contributed by atoms with Gasteiger partial charge in [-0.1, -0.05) is 45.9 Å². The van der Waals surface area contributed by atoms with Crippen molar-refractivity contribution in [2.24, 2.45) is 0 Å². The first kappa shape index (κ1) is 19.5. The smallest absolute Gasteiger partial charge is 0.0337 e. The SMILES string of the molecule is CC.CC.CNc1ccccc1.Cc1ccncc1. The quantitative estimate of drug-likeness (QED) is 0.765. The van der Waals surface area contributed by atoms with Crippen LogP contribution >= 0.6 is 0 Å². The first-order chi connectivity index (χ1) is 9.33. The van der Waals surface area contributed by atoms with Crippen molar-refractivity contribution in [2.75, 3.05) is 12.4 Å². The molecule has 0 aliphatic carbocycles. The molecule has 0 aliphatic rings. The zero-order valence-corrected chi connectivity index (χ0v) is 13.1. The van der Waals surface area contributed by atoms with E-state index in [9.17, 15) is 0 Å². The minimum Gasteiger partial charge on any atom is -0.388 e. The van der Waals surface area contributed by atoms with Crippen LogP contribution in [0, 0.1) is 6.92 Å². The van der Waals surface area contributed by atoms with Crippen molar-refractivity contribution < 1.29 is 0 Å². The van der Waals surface area contributed by atoms with Crippen molar-refractivity contribution in [1.29, 1.82) is 0 Å². The van der Waals surface area contributed by atoms with Crippen molar-refractivity contribution in [3.05, 3.63) is 60.4 Å². The van der Waals surface area contributed by atoms with Crippen molar-refractivity contribution in [2.45, 2.75) is 34.6 Å². The summed E-state index contributed by atoms with van der Waals surface area (Å²) < 4.78 is 0. The van der Waals surface area contributed by atoms with Crippen LogP contribution in [0.3, 0.4) is 0 Å². The van der Waals surface area contributed by atoms with Crippen molar-refractivity contribution in [3.8, 4) is 0 Å². The standard InChI is InChI=1S/C7H9N.C6H7N.2C2H6/c1-8-7-5-3-2-4-6-7;1-6-2-4-7-5-3-6;2*1-2/h2-6,8H,1H3;2-5H,1H3;2*1-2H3. The fraction of sp³-hybridized carbons (Fsp3) is 0.353. The number of aryl methyl sites for hydroxylation is 1. The van der Waals surface area contributed by atoms with E-state index in [1.807, 2.05) is 84.1 Å². The number of nitrogens with zero attached hydrogens (tertiary/aromatic N) is 1. The highest BCUT2D eigenvalue weighted by molar-refractivity contribution is 5.41. The van der Waals surface area contributed by atoms with Gasteiger partial charge >= 0.3 is 0 Å². The lowest BCUT2D eigenvalue weighted by Crippen LogP contribution is -1.84. The van der Waals surface area contributed by atoms with E-state index in [0.29, 0.717) is 0 Å². The number of hydrogen-bond acceptors (Lipinski definition) is 2. The van der Waals surface area contributed by atoms with E-state index >= 15 is 0 Å². The number of anilines is 1. The molecule has 0 atom stereocenters. The maximum absolute atomic E-state index is 3.85. The van der Waals surface area contributed by atoms with Gasteiger partial charge in [0.05, 0.1) is 0 Å². The summed E-state index contributed by atoms with van der Waals surface area (Å²) in [5.74, 6) is 0. The van der Waals surface area contributed by atoms with E-state index < -0.39 is 0 Å². The van der Waals surface area contributed by atoms with Crippen LogP contribution in [0.2, 0.25) is 0 Å². The van der Waals surface area contributed by atoms with E-state index in [2.05, 4.69) is 10.3 Å². The molecule has 0 aliphatic heterocycles. The summed E-state index contributed by atoms with van der Waals surface area (Å²) in [5.41, 5.74) is 2.42. The predicted octanol–water partition coefficient (Wildman–Crippen LogP) is 5.17. The molecule has 0 fully saturated rings. The van der Waals surface area contributed by atoms with Gasteiger partial charge in [0.2, 0.25) is 0 Å². The highest BCUT2D eigenvalue weighted by Gasteiger charge is 1.77. The number of aromatic nitrogens is 1. The van der Waals surface area contributed by atoms with Crippen LogP contribution < -0.4 is 5.32 Å². The summed E-state index contributed by atoms with van der Waals surface area (Å²) in [4.78, 5) is 3.85. The molecule has 19 heavy (non-hydrogen) atoms. The molecule has 1 N–H and O–H groups in total. The molecule has 1 aromatic heterocycles. The lowest BCUT2D eigenvalue weighted by molar-refractivity contribution is 1.29. The number of nitrogens with one attached hydrogen (secondary N) is 1. The van der Waals surface area contributed by atoms with Gasteiger partial charge in [0, 0.05) is 25.1 Å². The summed E-state index contributed by atoms with van der Waals surface area (Å²) in [5, 5.41) is 3.03. The van der Waals surface area contributed by atoms with Gasteiger partial charge in [-0.15, -0.1) is 0 Å². The van der Waals surface area contributed by atoms with Gasteiger partial charge in [0.15, 0.2) is 0 Å². The molecule has 1 aromatic carbocycles. The molecule has 1 heterocycles. The van der Waals surface area contributed by atoms with E-state index in [1.165, 1.54) is 5.56 Å². The van der Waals surface area contributed by atoms with Gasteiger partial charge < -0.3 is 5.32 Å². The van der Waals surface area contributed by atoms with E-state index in [0.717, 1.165) is 5.69 Å². The van der Waals surface area contributed by atoms with Crippen LogP contribution in [0.15, 0.2) is 54.9 Å². The Bertz CT molecular complexity index is 358. The normalized spacial score (nSPS) is 7.47. The van der Waals surface area contributed by atoms with E-state index in [-0.39, 0.29) is 0 Å². The molecular formula is C17H28N2. The van der Waals surface area contributed by atoms with Crippen LogP contribution in [-0.2, 0) is 0 Å². The zero-order valence-electron chi connectivity index (χ0n) is 13.1. The number of para-hydroxylation sites is 1. The summed E-state index contributed by atoms with van der Waals surface area (Å²) >= 11 is 0. The first-order valence-electron chi connectivity index (χ1n) is 6.92. The second-order valence-corrected chi connectivity index (χ2v) is 3.14. The largest absolute Gasteiger partial charge is 0.388 e. The maximum atomic E-state index is 3.85.